The molecule has 1 N–H and O–H groups in total. The molecule has 5 rings (SSSR count). The van der Waals surface area contributed by atoms with E-state index >= 15 is 0 Å². The number of ether oxygens (including phenoxy) is 1. The number of piperidine rings is 1. The summed E-state index contributed by atoms with van der Waals surface area (Å²) in [5.74, 6) is -0.434. The Balaban J connectivity index is 1.39. The first-order chi connectivity index (χ1) is 21.3. The Hall–Kier alpha value is -3.40. The fourth-order valence-corrected chi connectivity index (χ4v) is 9.19. The number of fused-ring (bicyclic) bond motifs is 1. The Morgan fingerprint density at radius 3 is 2.11 bits per heavy atom. The zero-order valence-electron chi connectivity index (χ0n) is 27.1. The summed E-state index contributed by atoms with van der Waals surface area (Å²) in [6.07, 6.45) is 3.01. The van der Waals surface area contributed by atoms with Crippen LogP contribution in [-0.4, -0.2) is 72.1 Å². The fraction of sp³-hybridized carbons (Fsp3) is 0.571. The lowest BCUT2D eigenvalue weighted by Gasteiger charge is -2.44. The van der Waals surface area contributed by atoms with Crippen molar-refractivity contribution in [2.24, 2.45) is 11.8 Å². The van der Waals surface area contributed by atoms with Gasteiger partial charge in [-0.05, 0) is 81.0 Å². The van der Waals surface area contributed by atoms with Crippen molar-refractivity contribution in [1.29, 1.82) is 0 Å². The molecule has 3 aliphatic rings. The van der Waals surface area contributed by atoms with Gasteiger partial charge >= 0.3 is 6.09 Å². The molecule has 0 unspecified atom stereocenters. The summed E-state index contributed by atoms with van der Waals surface area (Å²) < 4.78 is 33.7. The average molecular weight is 638 g/mol. The van der Waals surface area contributed by atoms with E-state index in [9.17, 15) is 22.8 Å². The summed E-state index contributed by atoms with van der Waals surface area (Å²) >= 11 is 0. The molecule has 45 heavy (non-hydrogen) atoms. The van der Waals surface area contributed by atoms with E-state index in [1.165, 1.54) is 11.1 Å². The first-order valence-electron chi connectivity index (χ1n) is 16.3. The van der Waals surface area contributed by atoms with Gasteiger partial charge in [0.25, 0.3) is 0 Å². The van der Waals surface area contributed by atoms with Crippen LogP contribution in [0.25, 0.3) is 0 Å². The van der Waals surface area contributed by atoms with Gasteiger partial charge in [-0.3, -0.25) is 9.59 Å². The fourth-order valence-electron chi connectivity index (χ4n) is 7.24. The van der Waals surface area contributed by atoms with E-state index in [0.29, 0.717) is 44.1 Å². The van der Waals surface area contributed by atoms with Crippen LogP contribution >= 0.6 is 0 Å². The lowest BCUT2D eigenvalue weighted by Crippen LogP contribution is -2.66. The van der Waals surface area contributed by atoms with Crippen LogP contribution in [-0.2, 0) is 43.5 Å². The predicted molar refractivity (Wildman–Crippen MR) is 172 cm³/mol. The van der Waals surface area contributed by atoms with Gasteiger partial charge in [0, 0.05) is 19.6 Å². The van der Waals surface area contributed by atoms with Crippen molar-refractivity contribution in [2.45, 2.75) is 108 Å². The number of piperazine rings is 1. The molecular formula is C35H47N3O6S. The first-order valence-corrected chi connectivity index (χ1v) is 17.9. The van der Waals surface area contributed by atoms with Crippen molar-refractivity contribution < 1.29 is 27.5 Å². The van der Waals surface area contributed by atoms with E-state index in [1.54, 1.807) is 54.8 Å². The second-order valence-electron chi connectivity index (χ2n) is 13.7. The summed E-state index contributed by atoms with van der Waals surface area (Å²) in [5.41, 5.74) is 2.29. The van der Waals surface area contributed by atoms with E-state index in [2.05, 4.69) is 17.4 Å². The Bertz CT molecular complexity index is 1500. The van der Waals surface area contributed by atoms with Crippen LogP contribution in [0.2, 0.25) is 0 Å². The van der Waals surface area contributed by atoms with Gasteiger partial charge in [0.05, 0.1) is 10.1 Å². The van der Waals surface area contributed by atoms with Gasteiger partial charge in [-0.25, -0.2) is 13.2 Å². The van der Waals surface area contributed by atoms with Crippen molar-refractivity contribution in [1.82, 2.24) is 15.1 Å². The summed E-state index contributed by atoms with van der Waals surface area (Å²) in [6.45, 7) is 10.1. The number of carbonyl (C=O) groups excluding carboxylic acids is 3. The van der Waals surface area contributed by atoms with Gasteiger partial charge < -0.3 is 19.9 Å². The number of nitrogens with one attached hydrogen (secondary N) is 1. The third-order valence-corrected chi connectivity index (χ3v) is 12.0. The number of benzene rings is 2. The Morgan fingerprint density at radius 1 is 0.956 bits per heavy atom. The van der Waals surface area contributed by atoms with Crippen molar-refractivity contribution >= 4 is 27.7 Å². The molecule has 2 aliphatic heterocycles. The molecule has 2 aromatic carbocycles. The molecule has 1 aliphatic carbocycles. The molecule has 2 fully saturated rings. The molecular weight excluding hydrogens is 590 g/mol. The van der Waals surface area contributed by atoms with Crippen molar-refractivity contribution in [3.8, 4) is 0 Å². The van der Waals surface area contributed by atoms with Crippen molar-refractivity contribution in [2.75, 3.05) is 13.1 Å². The van der Waals surface area contributed by atoms with Gasteiger partial charge in [0.1, 0.15) is 17.7 Å². The highest BCUT2D eigenvalue weighted by molar-refractivity contribution is 7.92. The number of hydrogen-bond donors (Lipinski definition) is 1. The third-order valence-electron chi connectivity index (χ3n) is 9.65. The second kappa shape index (κ2) is 13.1. The van der Waals surface area contributed by atoms with Crippen molar-refractivity contribution in [3.05, 3.63) is 65.2 Å². The van der Waals surface area contributed by atoms with E-state index in [1.807, 2.05) is 26.0 Å². The number of rotatable bonds is 8. The molecule has 2 heterocycles. The number of hydrogen-bond acceptors (Lipinski definition) is 6. The number of amides is 3. The van der Waals surface area contributed by atoms with Crippen LogP contribution in [0.15, 0.2) is 53.4 Å². The molecule has 0 spiro atoms. The topological polar surface area (TPSA) is 113 Å². The third kappa shape index (κ3) is 6.90. The molecule has 0 radical (unpaired) electrons. The molecule has 244 valence electrons. The Morgan fingerprint density at radius 2 is 1.53 bits per heavy atom. The highest BCUT2D eigenvalue weighted by Gasteiger charge is 2.47. The van der Waals surface area contributed by atoms with E-state index < -0.39 is 38.9 Å². The van der Waals surface area contributed by atoms with Gasteiger partial charge in [0.2, 0.25) is 11.8 Å². The molecule has 0 bridgehead atoms. The minimum atomic E-state index is -3.79. The summed E-state index contributed by atoms with van der Waals surface area (Å²) in [7, 11) is -3.79. The lowest BCUT2D eigenvalue weighted by molar-refractivity contribution is -0.154. The van der Waals surface area contributed by atoms with Gasteiger partial charge in [-0.1, -0.05) is 69.2 Å². The lowest BCUT2D eigenvalue weighted by atomic mass is 9.86. The molecule has 2 aromatic rings. The molecule has 10 heteroatoms. The monoisotopic (exact) mass is 637 g/mol. The van der Waals surface area contributed by atoms with Crippen molar-refractivity contribution in [3.63, 3.8) is 0 Å². The number of nitrogens with zero attached hydrogens (tertiary/aromatic N) is 2. The largest absolute Gasteiger partial charge is 0.444 e. The van der Waals surface area contributed by atoms with Crippen LogP contribution in [0, 0.1) is 11.8 Å². The van der Waals surface area contributed by atoms with E-state index in [-0.39, 0.29) is 48.2 Å². The first kappa shape index (κ1) is 33.0. The average Bonchev–Trinajstić information content (AvgIpc) is 3.44. The number of sulfone groups is 1. The molecule has 0 saturated carbocycles. The quantitative estimate of drug-likeness (QED) is 0.441. The minimum absolute atomic E-state index is 0.0374. The van der Waals surface area contributed by atoms with Crippen LogP contribution < -0.4 is 5.32 Å². The molecule has 3 amide bonds. The van der Waals surface area contributed by atoms with E-state index in [4.69, 9.17) is 4.74 Å². The smallest absolute Gasteiger partial charge is 0.410 e. The van der Waals surface area contributed by atoms with Crippen LogP contribution in [0.4, 0.5) is 4.79 Å². The molecule has 0 aromatic heterocycles. The van der Waals surface area contributed by atoms with Gasteiger partial charge in [-0.15, -0.1) is 0 Å². The molecule has 2 atom stereocenters. The standard InChI is InChI=1S/C35H47N3O6S/c1-6-23(7-2)31-32(39)36-30(27-20-24-12-8-9-13-25(24)21-27)33(40)38(31)22-26-14-10-11-15-29(26)45(42,43)28-16-18-37(19-17-28)34(41)44-35(3,4)5/h8-15,23,27-28,30-31H,6-7,16-22H2,1-5H3,(H,36,39)/t30-,31-/m1/s1. The SMILES string of the molecule is CCC(CC)[C@@H]1C(=O)N[C@H](C2Cc3ccccc3C2)C(=O)N1Cc1ccccc1S(=O)(=O)C1CCN(C(=O)OC(C)(C)C)CC1. The van der Waals surface area contributed by atoms with Crippen LogP contribution in [0.3, 0.4) is 0 Å². The maximum absolute atomic E-state index is 14.3. The Labute approximate surface area is 267 Å². The zero-order valence-corrected chi connectivity index (χ0v) is 27.9. The summed E-state index contributed by atoms with van der Waals surface area (Å²) in [6, 6.07) is 13.6. The predicted octanol–water partition coefficient (Wildman–Crippen LogP) is 4.91. The second-order valence-corrected chi connectivity index (χ2v) is 15.9. The normalized spacial score (nSPS) is 21.6. The number of carbonyl (C=O) groups is 3. The van der Waals surface area contributed by atoms with Crippen LogP contribution in [0.1, 0.15) is 77.0 Å². The summed E-state index contributed by atoms with van der Waals surface area (Å²) in [5, 5.41) is 2.42. The maximum atomic E-state index is 14.3. The molecule has 9 nitrogen and oxygen atoms in total. The van der Waals surface area contributed by atoms with Gasteiger partial charge in [0.15, 0.2) is 9.84 Å². The highest BCUT2D eigenvalue weighted by atomic mass is 32.2. The maximum Gasteiger partial charge on any atom is 0.410 e. The highest BCUT2D eigenvalue weighted by Crippen LogP contribution is 2.35. The zero-order chi connectivity index (χ0) is 32.5. The summed E-state index contributed by atoms with van der Waals surface area (Å²) in [4.78, 5) is 44.1. The van der Waals surface area contributed by atoms with E-state index in [0.717, 1.165) is 0 Å². The Kier molecular flexibility index (Phi) is 9.63. The van der Waals surface area contributed by atoms with Crippen LogP contribution in [0.5, 0.6) is 0 Å². The minimum Gasteiger partial charge on any atom is -0.444 e. The molecule has 2 saturated heterocycles. The van der Waals surface area contributed by atoms with Gasteiger partial charge in [-0.2, -0.15) is 0 Å². The number of likely N-dealkylation sites (tertiary alicyclic amines) is 1.